The lowest BCUT2D eigenvalue weighted by Gasteiger charge is -2.28. The first kappa shape index (κ1) is 24.6. The van der Waals surface area contributed by atoms with Crippen LogP contribution in [0, 0.1) is 5.92 Å². The van der Waals surface area contributed by atoms with Gasteiger partial charge in [0.15, 0.2) is 0 Å². The van der Waals surface area contributed by atoms with Crippen LogP contribution in [0.3, 0.4) is 0 Å². The highest BCUT2D eigenvalue weighted by atomic mass is 15.1. The molecule has 2 nitrogen and oxygen atoms in total. The van der Waals surface area contributed by atoms with Crippen molar-refractivity contribution in [3.8, 4) is 0 Å². The second-order valence-electron chi connectivity index (χ2n) is 8.00. The summed E-state index contributed by atoms with van der Waals surface area (Å²) in [4.78, 5) is 7.00. The molecule has 0 aromatic rings. The largest absolute Gasteiger partial charge is 0.303 e. The molecule has 0 heterocycles. The maximum atomic E-state index is 4.34. The van der Waals surface area contributed by atoms with Crippen LogP contribution >= 0.6 is 0 Å². The Morgan fingerprint density at radius 3 is 2.04 bits per heavy atom. The molecule has 150 valence electrons. The Morgan fingerprint density at radius 2 is 1.40 bits per heavy atom. The van der Waals surface area contributed by atoms with E-state index in [0.29, 0.717) is 0 Å². The molecule has 0 aromatic carbocycles. The van der Waals surface area contributed by atoms with Crippen molar-refractivity contribution in [3.05, 3.63) is 0 Å². The van der Waals surface area contributed by atoms with E-state index in [9.17, 15) is 0 Å². The molecule has 0 fully saturated rings. The van der Waals surface area contributed by atoms with Crippen LogP contribution in [0.4, 0.5) is 0 Å². The predicted octanol–water partition coefficient (Wildman–Crippen LogP) is 7.12. The zero-order valence-corrected chi connectivity index (χ0v) is 18.2. The van der Waals surface area contributed by atoms with E-state index in [1.807, 2.05) is 0 Å². The van der Waals surface area contributed by atoms with Crippen molar-refractivity contribution >= 4 is 6.21 Å². The van der Waals surface area contributed by atoms with Crippen molar-refractivity contribution in [1.82, 2.24) is 4.90 Å². The molecule has 0 aliphatic carbocycles. The average molecular weight is 353 g/mol. The van der Waals surface area contributed by atoms with Gasteiger partial charge in [-0.1, -0.05) is 78.6 Å². The summed E-state index contributed by atoms with van der Waals surface area (Å²) in [6.07, 6.45) is 19.9. The minimum atomic E-state index is 0.792. The Hall–Kier alpha value is -0.370. The summed E-state index contributed by atoms with van der Waals surface area (Å²) >= 11 is 0. The number of aliphatic imine (C=N–C) groups is 1. The van der Waals surface area contributed by atoms with Gasteiger partial charge in [0.05, 0.1) is 0 Å². The summed E-state index contributed by atoms with van der Waals surface area (Å²) in [5, 5.41) is 0. The first-order valence-corrected chi connectivity index (χ1v) is 11.3. The van der Waals surface area contributed by atoms with Crippen molar-refractivity contribution < 1.29 is 0 Å². The molecule has 0 aliphatic heterocycles. The van der Waals surface area contributed by atoms with E-state index in [4.69, 9.17) is 0 Å². The molecule has 2 atom stereocenters. The second-order valence-corrected chi connectivity index (χ2v) is 8.00. The van der Waals surface area contributed by atoms with Crippen LogP contribution in [-0.4, -0.2) is 37.3 Å². The van der Waals surface area contributed by atoms with Crippen molar-refractivity contribution in [2.45, 2.75) is 117 Å². The van der Waals surface area contributed by atoms with Crippen LogP contribution in [0.15, 0.2) is 4.99 Å². The summed E-state index contributed by atoms with van der Waals surface area (Å²) < 4.78 is 0. The van der Waals surface area contributed by atoms with E-state index in [1.54, 1.807) is 0 Å². The Labute approximate surface area is 159 Å². The van der Waals surface area contributed by atoms with E-state index in [2.05, 4.69) is 50.8 Å². The number of rotatable bonds is 18. The molecule has 2 unspecified atom stereocenters. The monoisotopic (exact) mass is 352 g/mol. The average Bonchev–Trinajstić information content (AvgIpc) is 2.61. The lowest BCUT2D eigenvalue weighted by atomic mass is 9.96. The van der Waals surface area contributed by atoms with Crippen molar-refractivity contribution in [3.63, 3.8) is 0 Å². The molecule has 0 aliphatic rings. The fourth-order valence-corrected chi connectivity index (χ4v) is 3.53. The summed E-state index contributed by atoms with van der Waals surface area (Å²) in [6.45, 7) is 11.3. The van der Waals surface area contributed by atoms with Gasteiger partial charge in [-0.15, -0.1) is 0 Å². The normalized spacial score (nSPS) is 14.5. The van der Waals surface area contributed by atoms with Crippen LogP contribution in [0.1, 0.15) is 111 Å². The minimum absolute atomic E-state index is 0.792. The van der Waals surface area contributed by atoms with Gasteiger partial charge in [0.25, 0.3) is 0 Å². The number of unbranched alkanes of at least 4 members (excludes halogenated alkanes) is 6. The first-order valence-electron chi connectivity index (χ1n) is 11.3. The zero-order chi connectivity index (χ0) is 18.8. The SMILES string of the molecule is CCCCCCCC(CCCCC(C)CC=NCC)N(C)CCCC. The van der Waals surface area contributed by atoms with Crippen molar-refractivity contribution in [2.75, 3.05) is 20.1 Å². The van der Waals surface area contributed by atoms with Crippen LogP contribution in [0.25, 0.3) is 0 Å². The van der Waals surface area contributed by atoms with Gasteiger partial charge < -0.3 is 4.90 Å². The van der Waals surface area contributed by atoms with E-state index in [-0.39, 0.29) is 0 Å². The lowest BCUT2D eigenvalue weighted by Crippen LogP contribution is -2.32. The Bertz CT molecular complexity index is 288. The van der Waals surface area contributed by atoms with E-state index in [1.165, 1.54) is 83.6 Å². The number of hydrogen-bond acceptors (Lipinski definition) is 2. The molecule has 0 saturated carbocycles. The molecule has 0 N–H and O–H groups in total. The Kier molecular flexibility index (Phi) is 18.1. The van der Waals surface area contributed by atoms with Crippen LogP contribution < -0.4 is 0 Å². The Balaban J connectivity index is 4.04. The van der Waals surface area contributed by atoms with Crippen molar-refractivity contribution in [1.29, 1.82) is 0 Å². The van der Waals surface area contributed by atoms with Gasteiger partial charge in [-0.3, -0.25) is 4.99 Å². The highest BCUT2D eigenvalue weighted by Gasteiger charge is 2.14. The smallest absolute Gasteiger partial charge is 0.0357 e. The molecule has 0 aromatic heterocycles. The highest BCUT2D eigenvalue weighted by molar-refractivity contribution is 5.57. The fourth-order valence-electron chi connectivity index (χ4n) is 3.53. The van der Waals surface area contributed by atoms with Crippen LogP contribution in [-0.2, 0) is 0 Å². The predicted molar refractivity (Wildman–Crippen MR) is 116 cm³/mol. The molecular formula is C23H48N2. The third-order valence-electron chi connectivity index (χ3n) is 5.43. The fraction of sp³-hybridized carbons (Fsp3) is 0.957. The van der Waals surface area contributed by atoms with Crippen molar-refractivity contribution in [2.24, 2.45) is 10.9 Å². The maximum Gasteiger partial charge on any atom is 0.0357 e. The second kappa shape index (κ2) is 18.4. The summed E-state index contributed by atoms with van der Waals surface area (Å²) in [7, 11) is 2.36. The van der Waals surface area contributed by atoms with Gasteiger partial charge in [0, 0.05) is 12.6 Å². The van der Waals surface area contributed by atoms with Crippen LogP contribution in [0.2, 0.25) is 0 Å². The maximum absolute atomic E-state index is 4.34. The third kappa shape index (κ3) is 15.6. The molecule has 0 amide bonds. The first-order chi connectivity index (χ1) is 12.2. The zero-order valence-electron chi connectivity index (χ0n) is 18.2. The molecule has 25 heavy (non-hydrogen) atoms. The van der Waals surface area contributed by atoms with E-state index < -0.39 is 0 Å². The highest BCUT2D eigenvalue weighted by Crippen LogP contribution is 2.19. The third-order valence-corrected chi connectivity index (χ3v) is 5.43. The van der Waals surface area contributed by atoms with Gasteiger partial charge in [-0.25, -0.2) is 0 Å². The van der Waals surface area contributed by atoms with E-state index >= 15 is 0 Å². The molecular weight excluding hydrogens is 304 g/mol. The van der Waals surface area contributed by atoms with E-state index in [0.717, 1.165) is 24.9 Å². The summed E-state index contributed by atoms with van der Waals surface area (Å²) in [5.41, 5.74) is 0. The van der Waals surface area contributed by atoms with Gasteiger partial charge in [0.2, 0.25) is 0 Å². The lowest BCUT2D eigenvalue weighted by molar-refractivity contribution is 0.206. The number of nitrogens with zero attached hydrogens (tertiary/aromatic N) is 2. The molecule has 0 spiro atoms. The van der Waals surface area contributed by atoms with Gasteiger partial charge in [0.1, 0.15) is 0 Å². The van der Waals surface area contributed by atoms with Crippen LogP contribution in [0.5, 0.6) is 0 Å². The molecule has 0 radical (unpaired) electrons. The van der Waals surface area contributed by atoms with Gasteiger partial charge in [-0.2, -0.15) is 0 Å². The quantitative estimate of drug-likeness (QED) is 0.189. The standard InChI is InChI=1S/C23H48N2/c1-6-9-11-12-13-17-23(25(5)21-10-7-2)18-15-14-16-22(4)19-20-24-8-3/h20,22-23H,6-19,21H2,1-5H3. The summed E-state index contributed by atoms with van der Waals surface area (Å²) in [5.74, 6) is 0.792. The molecule has 0 saturated heterocycles. The van der Waals surface area contributed by atoms with Gasteiger partial charge in [-0.05, 0) is 58.3 Å². The molecule has 0 rings (SSSR count). The number of hydrogen-bond donors (Lipinski definition) is 0. The topological polar surface area (TPSA) is 15.6 Å². The minimum Gasteiger partial charge on any atom is -0.303 e. The van der Waals surface area contributed by atoms with Gasteiger partial charge >= 0.3 is 0 Å². The molecule has 2 heteroatoms. The molecule has 0 bridgehead atoms. The Morgan fingerprint density at radius 1 is 0.800 bits per heavy atom. The summed E-state index contributed by atoms with van der Waals surface area (Å²) in [6, 6.07) is 0.810.